The molecule has 1 heteroatoms. The Hall–Kier alpha value is -0.300. The van der Waals surface area contributed by atoms with E-state index in [0.29, 0.717) is 38.6 Å². The van der Waals surface area contributed by atoms with Gasteiger partial charge in [0.25, 0.3) is 0 Å². The van der Waals surface area contributed by atoms with Gasteiger partial charge in [0.1, 0.15) is 0 Å². The van der Waals surface area contributed by atoms with E-state index in [9.17, 15) is 0 Å². The van der Waals surface area contributed by atoms with E-state index in [1.165, 1.54) is 64.2 Å². The number of fused-ring (bicyclic) bond motifs is 7. The second-order valence-corrected chi connectivity index (χ2v) is 15.3. The second kappa shape index (κ2) is 6.89. The molecule has 8 atom stereocenters. The Kier molecular flexibility index (Phi) is 5.05. The van der Waals surface area contributed by atoms with Crippen molar-refractivity contribution < 1.29 is 4.74 Å². The van der Waals surface area contributed by atoms with Gasteiger partial charge in [-0.3, -0.25) is 0 Å². The van der Waals surface area contributed by atoms with E-state index in [-0.39, 0.29) is 0 Å². The summed E-state index contributed by atoms with van der Waals surface area (Å²) in [5.41, 5.74) is 4.45. The molecule has 0 bridgehead atoms. The molecule has 0 aromatic carbocycles. The van der Waals surface area contributed by atoms with Crippen molar-refractivity contribution in [2.24, 2.45) is 50.2 Å². The van der Waals surface area contributed by atoms with E-state index in [2.05, 4.69) is 61.5 Å². The molecule has 182 valence electrons. The fourth-order valence-electron chi connectivity index (χ4n) is 11.0. The molecular formula is C31H52O. The maximum atomic E-state index is 6.05. The molecule has 0 spiro atoms. The third-order valence-electron chi connectivity index (χ3n) is 13.2. The lowest BCUT2D eigenvalue weighted by molar-refractivity contribution is -0.231. The number of rotatable bonds is 1. The van der Waals surface area contributed by atoms with E-state index >= 15 is 0 Å². The van der Waals surface area contributed by atoms with E-state index in [1.54, 1.807) is 0 Å². The van der Waals surface area contributed by atoms with Crippen LogP contribution in [0.1, 0.15) is 120 Å². The summed E-state index contributed by atoms with van der Waals surface area (Å²) in [4.78, 5) is 0. The molecule has 0 saturated heterocycles. The van der Waals surface area contributed by atoms with Gasteiger partial charge in [-0.2, -0.15) is 0 Å². The summed E-state index contributed by atoms with van der Waals surface area (Å²) in [6, 6.07) is 0. The molecule has 1 nitrogen and oxygen atoms in total. The summed E-state index contributed by atoms with van der Waals surface area (Å²) in [6.45, 7) is 20.9. The van der Waals surface area contributed by atoms with Gasteiger partial charge in [0, 0.05) is 7.11 Å². The van der Waals surface area contributed by atoms with Crippen LogP contribution in [0.15, 0.2) is 11.6 Å². The zero-order chi connectivity index (χ0) is 23.4. The molecule has 5 rings (SSSR count). The van der Waals surface area contributed by atoms with Crippen LogP contribution >= 0.6 is 0 Å². The van der Waals surface area contributed by atoms with Crippen LogP contribution in [0.5, 0.6) is 0 Å². The minimum Gasteiger partial charge on any atom is -0.381 e. The van der Waals surface area contributed by atoms with Gasteiger partial charge in [0.15, 0.2) is 0 Å². The largest absolute Gasteiger partial charge is 0.381 e. The van der Waals surface area contributed by atoms with Gasteiger partial charge in [-0.15, -0.1) is 0 Å². The summed E-state index contributed by atoms with van der Waals surface area (Å²) in [7, 11) is 1.95. The van der Waals surface area contributed by atoms with Crippen LogP contribution in [0, 0.1) is 50.2 Å². The summed E-state index contributed by atoms with van der Waals surface area (Å²) < 4.78 is 6.05. The maximum absolute atomic E-state index is 6.05. The Morgan fingerprint density at radius 1 is 0.688 bits per heavy atom. The minimum atomic E-state index is 0.294. The zero-order valence-electron chi connectivity index (χ0n) is 22.9. The molecule has 0 unspecified atom stereocenters. The molecule has 32 heavy (non-hydrogen) atoms. The smallest absolute Gasteiger partial charge is 0.0625 e. The first-order valence-corrected chi connectivity index (χ1v) is 14.0. The van der Waals surface area contributed by atoms with Gasteiger partial charge in [-0.1, -0.05) is 67.0 Å². The topological polar surface area (TPSA) is 9.23 Å². The molecule has 4 saturated carbocycles. The van der Waals surface area contributed by atoms with Crippen LogP contribution in [0.4, 0.5) is 0 Å². The van der Waals surface area contributed by atoms with Gasteiger partial charge in [-0.25, -0.2) is 0 Å². The monoisotopic (exact) mass is 440 g/mol. The highest BCUT2D eigenvalue weighted by Crippen LogP contribution is 2.76. The van der Waals surface area contributed by atoms with Gasteiger partial charge in [0.05, 0.1) is 6.10 Å². The summed E-state index contributed by atoms with van der Waals surface area (Å²) in [5, 5.41) is 0. The van der Waals surface area contributed by atoms with Crippen molar-refractivity contribution >= 4 is 0 Å². The van der Waals surface area contributed by atoms with Crippen molar-refractivity contribution in [1.29, 1.82) is 0 Å². The Bertz CT molecular complexity index is 805. The number of hydrogen-bond donors (Lipinski definition) is 0. The Balaban J connectivity index is 1.55. The average molecular weight is 441 g/mol. The van der Waals surface area contributed by atoms with Crippen molar-refractivity contribution in [3.8, 4) is 0 Å². The van der Waals surface area contributed by atoms with Crippen LogP contribution in [-0.4, -0.2) is 13.2 Å². The summed E-state index contributed by atoms with van der Waals surface area (Å²) in [6.07, 6.45) is 17.2. The standard InChI is InChI=1S/C31H52O/c1-26(2)16-17-28(5)18-19-30(7)21(22(28)20-26)10-11-24-29(6)14-13-25(32-9)27(3,4)23(29)12-15-31(24,30)8/h20-21,23-25H,10-19H2,1-9H3/t21-,23-,24+,25+,28-,29+,30-,31-/m1/s1. The predicted molar refractivity (Wildman–Crippen MR) is 136 cm³/mol. The average Bonchev–Trinajstić information content (AvgIpc) is 2.69. The fraction of sp³-hybridized carbons (Fsp3) is 0.935. The van der Waals surface area contributed by atoms with Crippen molar-refractivity contribution in [2.45, 2.75) is 126 Å². The van der Waals surface area contributed by atoms with Crippen LogP contribution in [0.2, 0.25) is 0 Å². The number of allylic oxidation sites excluding steroid dienone is 2. The molecule has 5 aliphatic carbocycles. The van der Waals surface area contributed by atoms with E-state index in [1.807, 2.05) is 12.7 Å². The summed E-state index contributed by atoms with van der Waals surface area (Å²) in [5.74, 6) is 2.48. The molecule has 5 aliphatic rings. The van der Waals surface area contributed by atoms with Crippen LogP contribution in [-0.2, 0) is 4.74 Å². The fourth-order valence-corrected chi connectivity index (χ4v) is 11.0. The van der Waals surface area contributed by atoms with Gasteiger partial charge in [-0.05, 0) is 114 Å². The predicted octanol–water partition coefficient (Wildman–Crippen LogP) is 8.82. The minimum absolute atomic E-state index is 0.294. The maximum Gasteiger partial charge on any atom is 0.0625 e. The SMILES string of the molecule is CO[C@H]1CC[C@@]2(C)[C@H](CC[C@]3(C)[C@H]2CC[C@@H]2C4=CC(C)(C)CC[C@]4(C)CC[C@]23C)C1(C)C. The quantitative estimate of drug-likeness (QED) is 0.370. The molecule has 0 aliphatic heterocycles. The normalized spacial score (nSPS) is 53.8. The lowest BCUT2D eigenvalue weighted by atomic mass is 9.32. The van der Waals surface area contributed by atoms with Crippen LogP contribution in [0.25, 0.3) is 0 Å². The highest BCUT2D eigenvalue weighted by atomic mass is 16.5. The first kappa shape index (κ1) is 23.4. The number of hydrogen-bond acceptors (Lipinski definition) is 1. The highest BCUT2D eigenvalue weighted by Gasteiger charge is 2.68. The number of ether oxygens (including phenoxy) is 1. The van der Waals surface area contributed by atoms with Crippen molar-refractivity contribution in [2.75, 3.05) is 7.11 Å². The lowest BCUT2D eigenvalue weighted by Crippen LogP contribution is -2.65. The molecule has 0 aromatic heterocycles. The van der Waals surface area contributed by atoms with Crippen LogP contribution in [0.3, 0.4) is 0 Å². The molecular weight excluding hydrogens is 388 g/mol. The second-order valence-electron chi connectivity index (χ2n) is 15.3. The third kappa shape index (κ3) is 2.85. The molecule has 4 fully saturated rings. The van der Waals surface area contributed by atoms with Crippen molar-refractivity contribution in [1.82, 2.24) is 0 Å². The van der Waals surface area contributed by atoms with Gasteiger partial charge in [0.2, 0.25) is 0 Å². The lowest BCUT2D eigenvalue weighted by Gasteiger charge is -2.72. The van der Waals surface area contributed by atoms with E-state index < -0.39 is 0 Å². The molecule has 0 N–H and O–H groups in total. The molecule has 0 amide bonds. The molecule has 0 aromatic rings. The Morgan fingerprint density at radius 2 is 1.38 bits per heavy atom. The first-order chi connectivity index (χ1) is 14.7. The van der Waals surface area contributed by atoms with E-state index in [4.69, 9.17) is 4.74 Å². The summed E-state index contributed by atoms with van der Waals surface area (Å²) >= 11 is 0. The third-order valence-corrected chi connectivity index (χ3v) is 13.2. The van der Waals surface area contributed by atoms with E-state index in [0.717, 1.165) is 17.8 Å². The van der Waals surface area contributed by atoms with Crippen molar-refractivity contribution in [3.63, 3.8) is 0 Å². The number of methoxy groups -OCH3 is 1. The van der Waals surface area contributed by atoms with Crippen LogP contribution < -0.4 is 0 Å². The van der Waals surface area contributed by atoms with Crippen molar-refractivity contribution in [3.05, 3.63) is 11.6 Å². The Labute approximate surface area is 199 Å². The molecule has 0 radical (unpaired) electrons. The zero-order valence-corrected chi connectivity index (χ0v) is 22.9. The van der Waals surface area contributed by atoms with Gasteiger partial charge < -0.3 is 4.74 Å². The Morgan fingerprint density at radius 3 is 2.06 bits per heavy atom. The van der Waals surface area contributed by atoms with Gasteiger partial charge >= 0.3 is 0 Å². The first-order valence-electron chi connectivity index (χ1n) is 14.0. The molecule has 0 heterocycles. The highest BCUT2D eigenvalue weighted by molar-refractivity contribution is 5.31.